The zero-order valence-corrected chi connectivity index (χ0v) is 27.0. The van der Waals surface area contributed by atoms with Crippen molar-refractivity contribution in [3.05, 3.63) is 81.7 Å². The predicted molar refractivity (Wildman–Crippen MR) is 172 cm³/mol. The van der Waals surface area contributed by atoms with Crippen molar-refractivity contribution in [2.45, 2.75) is 69.4 Å². The zero-order valence-electron chi connectivity index (χ0n) is 25.3. The number of aliphatic hydroxyl groups is 2. The number of halogens is 1. The van der Waals surface area contributed by atoms with Crippen LogP contribution in [0.4, 0.5) is 0 Å². The molecule has 6 rings (SSSR count). The molecule has 1 aromatic heterocycles. The average Bonchev–Trinajstić information content (AvgIpc) is 3.02. The van der Waals surface area contributed by atoms with E-state index in [1.165, 1.54) is 25.4 Å². The second kappa shape index (κ2) is 13.0. The number of aromatic nitrogens is 1. The maximum Gasteiger partial charge on any atom is 0.201 e. The molecule has 4 unspecified atom stereocenters. The second-order valence-corrected chi connectivity index (χ2v) is 12.3. The number of aliphatic hydroxyl groups excluding tert-OH is 1. The topological polar surface area (TPSA) is 199 Å². The largest absolute Gasteiger partial charge is 0.507 e. The molecule has 3 aromatic rings. The summed E-state index contributed by atoms with van der Waals surface area (Å²) in [6.45, 7) is 2.40. The number of carbonyl (C=O) groups is 3. The van der Waals surface area contributed by atoms with Gasteiger partial charge in [0, 0.05) is 60.0 Å². The Kier molecular flexibility index (Phi) is 9.55. The molecule has 47 heavy (non-hydrogen) atoms. The van der Waals surface area contributed by atoms with Crippen LogP contribution in [0.2, 0.25) is 0 Å². The normalized spacial score (nSPS) is 26.4. The van der Waals surface area contributed by atoms with Crippen LogP contribution in [-0.4, -0.2) is 84.4 Å². The van der Waals surface area contributed by atoms with Gasteiger partial charge in [-0.05, 0) is 32.0 Å². The van der Waals surface area contributed by atoms with Crippen LogP contribution in [0.5, 0.6) is 17.2 Å². The number of nitrogens with zero attached hydrogens (tertiary/aromatic N) is 1. The van der Waals surface area contributed by atoms with Crippen molar-refractivity contribution in [1.82, 2.24) is 4.98 Å². The highest BCUT2D eigenvalue weighted by Crippen LogP contribution is 2.52. The van der Waals surface area contributed by atoms with Crippen molar-refractivity contribution in [3.63, 3.8) is 0 Å². The van der Waals surface area contributed by atoms with Gasteiger partial charge in [0.2, 0.25) is 11.6 Å². The lowest BCUT2D eigenvalue weighted by Gasteiger charge is -2.42. The van der Waals surface area contributed by atoms with Gasteiger partial charge in [-0.1, -0.05) is 24.4 Å². The van der Waals surface area contributed by atoms with E-state index in [-0.39, 0.29) is 81.4 Å². The Morgan fingerprint density at radius 3 is 2.55 bits per heavy atom. The first-order chi connectivity index (χ1) is 21.8. The summed E-state index contributed by atoms with van der Waals surface area (Å²) in [5.41, 5.74) is 4.17. The van der Waals surface area contributed by atoms with Crippen LogP contribution in [0.1, 0.15) is 81.3 Å². The minimum Gasteiger partial charge on any atom is -0.507 e. The highest BCUT2D eigenvalue weighted by atomic mass is 35.5. The van der Waals surface area contributed by atoms with Gasteiger partial charge in [0.1, 0.15) is 22.8 Å². The lowest BCUT2D eigenvalue weighted by Crippen LogP contribution is -2.52. The quantitative estimate of drug-likeness (QED) is 0.108. The Hall–Kier alpha value is -3.82. The van der Waals surface area contributed by atoms with Gasteiger partial charge in [-0.3, -0.25) is 19.4 Å². The number of carbonyl (C=O) groups excluding carboxylic acids is 3. The van der Waals surface area contributed by atoms with Crippen molar-refractivity contribution in [3.8, 4) is 17.2 Å². The average molecular weight is 685 g/mol. The number of phenols is 2. The smallest absolute Gasteiger partial charge is 0.201 e. The summed E-state index contributed by atoms with van der Waals surface area (Å²) >= 11 is 5.73. The molecule has 6 N–H and O–H groups in total. The fourth-order valence-corrected chi connectivity index (χ4v) is 6.73. The van der Waals surface area contributed by atoms with Gasteiger partial charge >= 0.3 is 0 Å². The lowest BCUT2D eigenvalue weighted by molar-refractivity contribution is -0.247. The van der Waals surface area contributed by atoms with Crippen molar-refractivity contribution < 1.29 is 49.0 Å². The fourth-order valence-electron chi connectivity index (χ4n) is 6.36. The summed E-state index contributed by atoms with van der Waals surface area (Å²) in [4.78, 5) is 43.5. The molecule has 2 aliphatic carbocycles. The molecule has 2 aromatic carbocycles. The molecule has 6 atom stereocenters. The van der Waals surface area contributed by atoms with Crippen LogP contribution in [0.15, 0.2) is 42.7 Å². The molecule has 0 amide bonds. The number of rotatable bonds is 7. The van der Waals surface area contributed by atoms with Gasteiger partial charge in [-0.25, -0.2) is 0 Å². The maximum atomic E-state index is 14.2. The highest BCUT2D eigenvalue weighted by molar-refractivity contribution is 7.81. The van der Waals surface area contributed by atoms with E-state index >= 15 is 0 Å². The Morgan fingerprint density at radius 1 is 1.15 bits per heavy atom. The zero-order chi connectivity index (χ0) is 33.1. The van der Waals surface area contributed by atoms with Gasteiger partial charge in [-0.2, -0.15) is 0 Å². The minimum absolute atomic E-state index is 0. The summed E-state index contributed by atoms with van der Waals surface area (Å²) in [5.74, 6) is -2.69. The third-order valence-corrected chi connectivity index (χ3v) is 9.34. The van der Waals surface area contributed by atoms with Crippen LogP contribution >= 0.6 is 24.6 Å². The molecule has 12 nitrogen and oxygen atoms in total. The molecule has 0 bridgehead atoms. The van der Waals surface area contributed by atoms with Gasteiger partial charge in [0.25, 0.3) is 0 Å². The van der Waals surface area contributed by atoms with Gasteiger partial charge in [0.05, 0.1) is 39.9 Å². The molecule has 1 saturated heterocycles. The number of benzene rings is 2. The Balaban J connectivity index is 0.00000433. The summed E-state index contributed by atoms with van der Waals surface area (Å²) in [7, 11) is 0. The molecule has 0 saturated carbocycles. The number of hydrogen-bond donors (Lipinski definition) is 5. The third kappa shape index (κ3) is 5.93. The Labute approximate surface area is 280 Å². The first-order valence-corrected chi connectivity index (χ1v) is 15.1. The number of fused-ring (bicyclic) bond motifs is 3. The van der Waals surface area contributed by atoms with Crippen LogP contribution in [0.25, 0.3) is 0 Å². The molecule has 3 aliphatic rings. The first-order valence-electron chi connectivity index (χ1n) is 14.7. The second-order valence-electron chi connectivity index (χ2n) is 11.9. The Morgan fingerprint density at radius 2 is 1.89 bits per heavy atom. The standard InChI is InChI=1S/C33H32N2O10S.ClH/c1-14-28(38)19(34)9-23(44-14)45-22-11-33(42,15(2)36)10-18-25(22)31(41)26-27(29(18)39)32(46)17-6-3-7-21(24(17)30(26)40)43-13-20(37)16-5-4-8-35-12-16;/h3-8,12,14,19,22-23,28,38-39,41-42H,9-11,13,34H2,1-2H3;1H/t14?,19?,22-,23?,28?,33-;/m0./s1. The maximum absolute atomic E-state index is 14.2. The number of nitrogens with two attached hydrogens (primary N) is 1. The number of hydrogen-bond acceptors (Lipinski definition) is 13. The van der Waals surface area contributed by atoms with E-state index in [0.717, 1.165) is 0 Å². The van der Waals surface area contributed by atoms with Crippen molar-refractivity contribution in [1.29, 1.82) is 0 Å². The Bertz CT molecular complexity index is 1770. The van der Waals surface area contributed by atoms with Crippen LogP contribution in [0.3, 0.4) is 0 Å². The number of ketones is 3. The van der Waals surface area contributed by atoms with Crippen LogP contribution in [-0.2, 0) is 20.7 Å². The summed E-state index contributed by atoms with van der Waals surface area (Å²) in [6.07, 6.45) is -1.62. The number of thiocarbonyl (C=S) groups is 1. The highest BCUT2D eigenvalue weighted by Gasteiger charge is 2.49. The van der Waals surface area contributed by atoms with Crippen LogP contribution < -0.4 is 10.5 Å². The number of phenolic OH excluding ortho intramolecular Hbond substituents is 2. The van der Waals surface area contributed by atoms with E-state index in [1.807, 2.05) is 0 Å². The van der Waals surface area contributed by atoms with E-state index in [0.29, 0.717) is 5.56 Å². The van der Waals surface area contributed by atoms with Crippen molar-refractivity contribution in [2.24, 2.45) is 5.73 Å². The molecule has 14 heteroatoms. The number of ether oxygens (including phenoxy) is 3. The molecule has 0 spiro atoms. The summed E-state index contributed by atoms with van der Waals surface area (Å²) < 4.78 is 17.7. The van der Waals surface area contributed by atoms with E-state index in [2.05, 4.69) is 4.98 Å². The first kappa shape index (κ1) is 34.5. The van der Waals surface area contributed by atoms with Gasteiger partial charge in [-0.15, -0.1) is 12.4 Å². The predicted octanol–water partition coefficient (Wildman–Crippen LogP) is 2.63. The molecule has 1 aliphatic heterocycles. The number of pyridine rings is 1. The van der Waals surface area contributed by atoms with Gasteiger partial charge in [0.15, 0.2) is 18.7 Å². The van der Waals surface area contributed by atoms with Crippen molar-refractivity contribution in [2.75, 3.05) is 6.61 Å². The monoisotopic (exact) mass is 684 g/mol. The van der Waals surface area contributed by atoms with E-state index in [9.17, 15) is 34.8 Å². The van der Waals surface area contributed by atoms with E-state index < -0.39 is 65.9 Å². The number of Topliss-reactive ketones (excluding diaryl/α,β-unsaturated/α-hetero) is 2. The van der Waals surface area contributed by atoms with E-state index in [1.54, 1.807) is 31.2 Å². The van der Waals surface area contributed by atoms with Crippen molar-refractivity contribution >= 4 is 46.8 Å². The molecular weight excluding hydrogens is 652 g/mol. The van der Waals surface area contributed by atoms with E-state index in [4.69, 9.17) is 32.2 Å². The molecule has 0 radical (unpaired) electrons. The number of aromatic hydroxyl groups is 2. The van der Waals surface area contributed by atoms with Crippen LogP contribution in [0, 0.1) is 0 Å². The van der Waals surface area contributed by atoms with Gasteiger partial charge < -0.3 is 40.4 Å². The molecule has 2 heterocycles. The minimum atomic E-state index is -1.99. The SMILES string of the molecule is CC(=O)[C@]1(O)Cc2c(O)c3c(c(O)c2[C@@H](OC2CC(N)C(O)C(C)O2)C1)C(=O)c1c(OCC(=O)c2cccnc2)cccc1C3=S.Cl. The molecular formula is C33H33ClN2O10S. The fraction of sp³-hybridized carbons (Fsp3) is 0.364. The summed E-state index contributed by atoms with van der Waals surface area (Å²) in [6, 6.07) is 7.12. The summed E-state index contributed by atoms with van der Waals surface area (Å²) in [5, 5.41) is 45.1. The lowest BCUT2D eigenvalue weighted by atomic mass is 9.72. The molecule has 248 valence electrons. The molecule has 1 fully saturated rings. The third-order valence-electron chi connectivity index (χ3n) is 8.92.